The summed E-state index contributed by atoms with van der Waals surface area (Å²) in [4.78, 5) is 2.75. The molecule has 0 aliphatic carbocycles. The van der Waals surface area contributed by atoms with Gasteiger partial charge in [-0.1, -0.05) is 34.1 Å². The molecule has 16 heavy (non-hydrogen) atoms. The van der Waals surface area contributed by atoms with Crippen LogP contribution in [-0.2, 0) is 0 Å². The SMILES string of the molecule is CCCC(C)CN1CCNCC1(CC)CC. The van der Waals surface area contributed by atoms with E-state index in [2.05, 4.69) is 37.9 Å². The average Bonchev–Trinajstić information content (AvgIpc) is 2.30. The number of rotatable bonds is 6. The highest BCUT2D eigenvalue weighted by molar-refractivity contribution is 4.94. The van der Waals surface area contributed by atoms with Crippen LogP contribution in [0.15, 0.2) is 0 Å². The first kappa shape index (κ1) is 14.0. The molecule has 0 radical (unpaired) electrons. The van der Waals surface area contributed by atoms with Gasteiger partial charge < -0.3 is 5.32 Å². The van der Waals surface area contributed by atoms with Crippen LogP contribution >= 0.6 is 0 Å². The second-order valence-electron chi connectivity index (χ2n) is 5.45. The number of nitrogens with one attached hydrogen (secondary N) is 1. The smallest absolute Gasteiger partial charge is 0.0329 e. The first-order chi connectivity index (χ1) is 7.68. The van der Waals surface area contributed by atoms with E-state index in [1.165, 1.54) is 51.9 Å². The summed E-state index contributed by atoms with van der Waals surface area (Å²) < 4.78 is 0. The highest BCUT2D eigenvalue weighted by atomic mass is 15.3. The van der Waals surface area contributed by atoms with Crippen molar-refractivity contribution in [3.63, 3.8) is 0 Å². The number of piperazine rings is 1. The Hall–Kier alpha value is -0.0800. The van der Waals surface area contributed by atoms with Crippen LogP contribution in [0.2, 0.25) is 0 Å². The van der Waals surface area contributed by atoms with Crippen LogP contribution in [0.25, 0.3) is 0 Å². The van der Waals surface area contributed by atoms with Crippen molar-refractivity contribution in [3.05, 3.63) is 0 Å². The van der Waals surface area contributed by atoms with Crippen LogP contribution in [0, 0.1) is 5.92 Å². The second-order valence-corrected chi connectivity index (χ2v) is 5.45. The highest BCUT2D eigenvalue weighted by Crippen LogP contribution is 2.27. The molecule has 1 unspecified atom stereocenters. The third kappa shape index (κ3) is 3.21. The van der Waals surface area contributed by atoms with E-state index in [9.17, 15) is 0 Å². The third-order valence-electron chi connectivity index (χ3n) is 4.31. The molecule has 0 aromatic heterocycles. The quantitative estimate of drug-likeness (QED) is 0.749. The zero-order valence-corrected chi connectivity index (χ0v) is 11.7. The van der Waals surface area contributed by atoms with Crippen molar-refractivity contribution in [3.8, 4) is 0 Å². The topological polar surface area (TPSA) is 15.3 Å². The predicted molar refractivity (Wildman–Crippen MR) is 71.8 cm³/mol. The predicted octanol–water partition coefficient (Wildman–Crippen LogP) is 2.89. The Morgan fingerprint density at radius 1 is 1.25 bits per heavy atom. The van der Waals surface area contributed by atoms with Gasteiger partial charge in [-0.2, -0.15) is 0 Å². The maximum atomic E-state index is 3.57. The minimum Gasteiger partial charge on any atom is -0.314 e. The maximum absolute atomic E-state index is 3.57. The highest BCUT2D eigenvalue weighted by Gasteiger charge is 2.35. The monoisotopic (exact) mass is 226 g/mol. The van der Waals surface area contributed by atoms with E-state index in [1.54, 1.807) is 0 Å². The largest absolute Gasteiger partial charge is 0.314 e. The molecular formula is C14H30N2. The van der Waals surface area contributed by atoms with E-state index < -0.39 is 0 Å². The zero-order chi connectivity index (χ0) is 12.0. The molecule has 1 atom stereocenters. The van der Waals surface area contributed by atoms with Gasteiger partial charge in [-0.25, -0.2) is 0 Å². The number of hydrogen-bond acceptors (Lipinski definition) is 2. The molecule has 1 fully saturated rings. The van der Waals surface area contributed by atoms with Gasteiger partial charge in [0.1, 0.15) is 0 Å². The normalized spacial score (nSPS) is 23.2. The van der Waals surface area contributed by atoms with Crippen LogP contribution in [-0.4, -0.2) is 36.6 Å². The molecule has 2 nitrogen and oxygen atoms in total. The summed E-state index contributed by atoms with van der Waals surface area (Å²) >= 11 is 0. The van der Waals surface area contributed by atoms with Crippen LogP contribution in [0.1, 0.15) is 53.4 Å². The Morgan fingerprint density at radius 2 is 1.94 bits per heavy atom. The molecule has 1 saturated heterocycles. The van der Waals surface area contributed by atoms with Gasteiger partial charge in [0.15, 0.2) is 0 Å². The van der Waals surface area contributed by atoms with Gasteiger partial charge in [-0.05, 0) is 25.2 Å². The molecule has 0 saturated carbocycles. The molecule has 0 amide bonds. The van der Waals surface area contributed by atoms with E-state index in [0.29, 0.717) is 5.54 Å². The summed E-state index contributed by atoms with van der Waals surface area (Å²) in [5.41, 5.74) is 0.431. The molecule has 2 heteroatoms. The molecule has 1 N–H and O–H groups in total. The lowest BCUT2D eigenvalue weighted by Crippen LogP contribution is -2.61. The third-order valence-corrected chi connectivity index (χ3v) is 4.31. The summed E-state index contributed by atoms with van der Waals surface area (Å²) in [7, 11) is 0. The minimum absolute atomic E-state index is 0.431. The fraction of sp³-hybridized carbons (Fsp3) is 1.00. The molecule has 1 heterocycles. The van der Waals surface area contributed by atoms with E-state index in [4.69, 9.17) is 0 Å². The summed E-state index contributed by atoms with van der Waals surface area (Å²) in [5.74, 6) is 0.848. The summed E-state index contributed by atoms with van der Waals surface area (Å²) in [6, 6.07) is 0. The van der Waals surface area contributed by atoms with Crippen molar-refractivity contribution in [2.24, 2.45) is 5.92 Å². The lowest BCUT2D eigenvalue weighted by atomic mass is 9.87. The summed E-state index contributed by atoms with van der Waals surface area (Å²) in [5, 5.41) is 3.57. The van der Waals surface area contributed by atoms with Crippen molar-refractivity contribution in [1.82, 2.24) is 10.2 Å². The van der Waals surface area contributed by atoms with E-state index in [0.717, 1.165) is 5.92 Å². The molecule has 1 aliphatic heterocycles. The van der Waals surface area contributed by atoms with E-state index in [-0.39, 0.29) is 0 Å². The second kappa shape index (κ2) is 6.61. The van der Waals surface area contributed by atoms with Gasteiger partial charge in [-0.15, -0.1) is 0 Å². The fourth-order valence-electron chi connectivity index (χ4n) is 3.08. The Bertz CT molecular complexity index is 187. The minimum atomic E-state index is 0.431. The Labute approximate surface area is 102 Å². The van der Waals surface area contributed by atoms with Crippen molar-refractivity contribution >= 4 is 0 Å². The molecule has 0 spiro atoms. The lowest BCUT2D eigenvalue weighted by molar-refractivity contribution is 0.0386. The van der Waals surface area contributed by atoms with Crippen molar-refractivity contribution in [2.45, 2.75) is 58.9 Å². The van der Waals surface area contributed by atoms with Gasteiger partial charge in [0.25, 0.3) is 0 Å². The first-order valence-electron chi connectivity index (χ1n) is 7.14. The maximum Gasteiger partial charge on any atom is 0.0329 e. The van der Waals surface area contributed by atoms with Crippen molar-refractivity contribution < 1.29 is 0 Å². The Morgan fingerprint density at radius 3 is 2.50 bits per heavy atom. The van der Waals surface area contributed by atoms with Crippen LogP contribution in [0.3, 0.4) is 0 Å². The Balaban J connectivity index is 2.59. The first-order valence-corrected chi connectivity index (χ1v) is 7.14. The zero-order valence-electron chi connectivity index (χ0n) is 11.7. The van der Waals surface area contributed by atoms with Crippen molar-refractivity contribution in [1.29, 1.82) is 0 Å². The molecule has 0 aromatic carbocycles. The molecule has 1 aliphatic rings. The molecule has 0 bridgehead atoms. The van der Waals surface area contributed by atoms with Gasteiger partial charge in [0.2, 0.25) is 0 Å². The van der Waals surface area contributed by atoms with Gasteiger partial charge in [0, 0.05) is 31.7 Å². The molecule has 96 valence electrons. The Kier molecular flexibility index (Phi) is 5.77. The van der Waals surface area contributed by atoms with E-state index >= 15 is 0 Å². The standard InChI is InChI=1S/C14H30N2/c1-5-8-13(4)11-16-10-9-15-12-14(16,6-2)7-3/h13,15H,5-12H2,1-4H3. The summed E-state index contributed by atoms with van der Waals surface area (Å²) in [6.45, 7) is 14.2. The summed E-state index contributed by atoms with van der Waals surface area (Å²) in [6.07, 6.45) is 5.23. The van der Waals surface area contributed by atoms with Crippen LogP contribution in [0.5, 0.6) is 0 Å². The van der Waals surface area contributed by atoms with Crippen LogP contribution < -0.4 is 5.32 Å². The average molecular weight is 226 g/mol. The van der Waals surface area contributed by atoms with E-state index in [1.807, 2.05) is 0 Å². The molecule has 0 aromatic rings. The van der Waals surface area contributed by atoms with Crippen LogP contribution in [0.4, 0.5) is 0 Å². The fourth-order valence-corrected chi connectivity index (χ4v) is 3.08. The number of hydrogen-bond donors (Lipinski definition) is 1. The van der Waals surface area contributed by atoms with Gasteiger partial charge >= 0.3 is 0 Å². The van der Waals surface area contributed by atoms with Crippen molar-refractivity contribution in [2.75, 3.05) is 26.2 Å². The number of nitrogens with zero attached hydrogens (tertiary/aromatic N) is 1. The van der Waals surface area contributed by atoms with Gasteiger partial charge in [0.05, 0.1) is 0 Å². The van der Waals surface area contributed by atoms with Gasteiger partial charge in [-0.3, -0.25) is 4.90 Å². The molecular weight excluding hydrogens is 196 g/mol. The lowest BCUT2D eigenvalue weighted by Gasteiger charge is -2.48. The molecule has 1 rings (SSSR count).